The van der Waals surface area contributed by atoms with Gasteiger partial charge in [0, 0.05) is 19.2 Å². The average Bonchev–Trinajstić information content (AvgIpc) is 2.30. The highest BCUT2D eigenvalue weighted by Gasteiger charge is 2.18. The Hall–Kier alpha value is -0.810. The van der Waals surface area contributed by atoms with Crippen LogP contribution in [-0.4, -0.2) is 37.5 Å². The zero-order chi connectivity index (χ0) is 13.4. The summed E-state index contributed by atoms with van der Waals surface area (Å²) in [7, 11) is 0. The van der Waals surface area contributed by atoms with Gasteiger partial charge in [0.1, 0.15) is 0 Å². The fourth-order valence-corrected chi connectivity index (χ4v) is 2.02. The lowest BCUT2D eigenvalue weighted by Crippen LogP contribution is -2.31. The maximum absolute atomic E-state index is 11.2. The molecule has 0 unspecified atom stereocenters. The van der Waals surface area contributed by atoms with E-state index in [1.807, 2.05) is 13.8 Å². The van der Waals surface area contributed by atoms with Crippen LogP contribution in [0.15, 0.2) is 0 Å². The Morgan fingerprint density at radius 1 is 1.33 bits per heavy atom. The van der Waals surface area contributed by atoms with Crippen molar-refractivity contribution in [2.75, 3.05) is 13.2 Å². The van der Waals surface area contributed by atoms with Gasteiger partial charge in [0.25, 0.3) is 0 Å². The molecule has 1 fully saturated rings. The second-order valence-corrected chi connectivity index (χ2v) is 5.14. The molecule has 0 spiro atoms. The van der Waals surface area contributed by atoms with Crippen LogP contribution in [0, 0.1) is 0 Å². The Balaban J connectivity index is 1.94. The van der Waals surface area contributed by atoms with E-state index in [1.54, 1.807) is 0 Å². The van der Waals surface area contributed by atoms with Gasteiger partial charge in [0.2, 0.25) is 0 Å². The van der Waals surface area contributed by atoms with Crippen molar-refractivity contribution in [2.24, 2.45) is 5.73 Å². The molecule has 0 bridgehead atoms. The lowest BCUT2D eigenvalue weighted by atomic mass is 9.94. The monoisotopic (exact) mass is 258 g/mol. The Bertz CT molecular complexity index is 238. The molecule has 0 heterocycles. The third-order valence-corrected chi connectivity index (χ3v) is 3.01. The summed E-state index contributed by atoms with van der Waals surface area (Å²) in [6, 6.07) is 0.359. The van der Waals surface area contributed by atoms with Crippen molar-refractivity contribution >= 4 is 6.09 Å². The summed E-state index contributed by atoms with van der Waals surface area (Å²) in [5.74, 6) is 0. The quantitative estimate of drug-likeness (QED) is 0.712. The largest absolute Gasteiger partial charge is 0.447 e. The number of nitrogens with one attached hydrogen (secondary N) is 1. The average molecular weight is 258 g/mol. The molecule has 106 valence electrons. The highest BCUT2D eigenvalue weighted by atomic mass is 16.6. The van der Waals surface area contributed by atoms with Crippen LogP contribution in [0.3, 0.4) is 0 Å². The lowest BCUT2D eigenvalue weighted by Gasteiger charge is -2.26. The van der Waals surface area contributed by atoms with E-state index >= 15 is 0 Å². The van der Waals surface area contributed by atoms with E-state index < -0.39 is 0 Å². The number of hydrogen-bond donors (Lipinski definition) is 2. The molecule has 1 aliphatic rings. The molecule has 1 saturated carbocycles. The summed E-state index contributed by atoms with van der Waals surface area (Å²) in [6.07, 6.45) is 4.98. The van der Waals surface area contributed by atoms with Gasteiger partial charge in [-0.1, -0.05) is 0 Å². The van der Waals surface area contributed by atoms with Crippen LogP contribution in [0.25, 0.3) is 0 Å². The van der Waals surface area contributed by atoms with Gasteiger partial charge < -0.3 is 20.5 Å². The molecule has 5 heteroatoms. The van der Waals surface area contributed by atoms with Gasteiger partial charge in [0.05, 0.1) is 12.2 Å². The van der Waals surface area contributed by atoms with Crippen molar-refractivity contribution in [1.29, 1.82) is 0 Å². The van der Waals surface area contributed by atoms with Crippen molar-refractivity contribution in [3.05, 3.63) is 0 Å². The summed E-state index contributed by atoms with van der Waals surface area (Å²) in [6.45, 7) is 4.94. The Labute approximate surface area is 109 Å². The zero-order valence-electron chi connectivity index (χ0n) is 11.5. The molecule has 0 aromatic heterocycles. The topological polar surface area (TPSA) is 73.6 Å². The number of amides is 1. The lowest BCUT2D eigenvalue weighted by molar-refractivity contribution is 0.0239. The molecule has 0 saturated heterocycles. The molecule has 0 aromatic rings. The Kier molecular flexibility index (Phi) is 7.05. The van der Waals surface area contributed by atoms with Crippen LogP contribution in [-0.2, 0) is 9.47 Å². The number of ether oxygens (including phenoxy) is 2. The maximum atomic E-state index is 11.2. The molecular formula is C13H26N2O3. The first-order chi connectivity index (χ1) is 8.58. The SMILES string of the molecule is CC(C)OC(=O)NCCCOC1CCC(N)CC1. The number of carbonyl (C=O) groups excluding carboxylic acids is 1. The Morgan fingerprint density at radius 3 is 2.61 bits per heavy atom. The van der Waals surface area contributed by atoms with E-state index in [2.05, 4.69) is 5.32 Å². The fourth-order valence-electron chi connectivity index (χ4n) is 2.02. The molecule has 1 amide bonds. The van der Waals surface area contributed by atoms with Crippen molar-refractivity contribution in [3.63, 3.8) is 0 Å². The molecule has 5 nitrogen and oxygen atoms in total. The number of hydrogen-bond acceptors (Lipinski definition) is 4. The molecule has 0 aromatic carbocycles. The van der Waals surface area contributed by atoms with Crippen LogP contribution in [0.5, 0.6) is 0 Å². The van der Waals surface area contributed by atoms with Gasteiger partial charge in [-0.3, -0.25) is 0 Å². The molecule has 3 N–H and O–H groups in total. The minimum absolute atomic E-state index is 0.0762. The van der Waals surface area contributed by atoms with Gasteiger partial charge in [-0.25, -0.2) is 4.79 Å². The summed E-state index contributed by atoms with van der Waals surface area (Å²) in [5, 5.41) is 2.70. The summed E-state index contributed by atoms with van der Waals surface area (Å²) in [5.41, 5.74) is 5.83. The maximum Gasteiger partial charge on any atom is 0.407 e. The third kappa shape index (κ3) is 6.81. The van der Waals surface area contributed by atoms with E-state index in [9.17, 15) is 4.79 Å². The summed E-state index contributed by atoms with van der Waals surface area (Å²) in [4.78, 5) is 11.2. The molecule has 0 radical (unpaired) electrons. The molecule has 0 aliphatic heterocycles. The third-order valence-electron chi connectivity index (χ3n) is 3.01. The van der Waals surface area contributed by atoms with Crippen LogP contribution < -0.4 is 11.1 Å². The van der Waals surface area contributed by atoms with Crippen molar-refractivity contribution in [3.8, 4) is 0 Å². The first kappa shape index (κ1) is 15.2. The van der Waals surface area contributed by atoms with Crippen molar-refractivity contribution in [1.82, 2.24) is 5.32 Å². The fraction of sp³-hybridized carbons (Fsp3) is 0.923. The molecule has 0 atom stereocenters. The van der Waals surface area contributed by atoms with Gasteiger partial charge >= 0.3 is 6.09 Å². The number of nitrogens with two attached hydrogens (primary N) is 1. The normalized spacial score (nSPS) is 24.0. The second-order valence-electron chi connectivity index (χ2n) is 5.14. The van der Waals surface area contributed by atoms with E-state index in [0.717, 1.165) is 32.1 Å². The van der Waals surface area contributed by atoms with Gasteiger partial charge in [-0.2, -0.15) is 0 Å². The van der Waals surface area contributed by atoms with Crippen LogP contribution in [0.2, 0.25) is 0 Å². The second kappa shape index (κ2) is 8.32. The van der Waals surface area contributed by atoms with Crippen LogP contribution >= 0.6 is 0 Å². The molecule has 1 rings (SSSR count). The highest BCUT2D eigenvalue weighted by molar-refractivity contribution is 5.67. The van der Waals surface area contributed by atoms with E-state index in [0.29, 0.717) is 25.3 Å². The molecule has 18 heavy (non-hydrogen) atoms. The van der Waals surface area contributed by atoms with Crippen molar-refractivity contribution < 1.29 is 14.3 Å². The number of carbonyl (C=O) groups is 1. The van der Waals surface area contributed by atoms with Crippen molar-refractivity contribution in [2.45, 2.75) is 64.2 Å². The van der Waals surface area contributed by atoms with Crippen LogP contribution in [0.4, 0.5) is 4.79 Å². The number of rotatable bonds is 6. The number of alkyl carbamates (subject to hydrolysis) is 1. The predicted octanol–water partition coefficient (Wildman–Crippen LogP) is 1.80. The van der Waals surface area contributed by atoms with Gasteiger partial charge in [-0.05, 0) is 46.0 Å². The predicted molar refractivity (Wildman–Crippen MR) is 70.4 cm³/mol. The molecule has 1 aliphatic carbocycles. The Morgan fingerprint density at radius 2 is 2.00 bits per heavy atom. The van der Waals surface area contributed by atoms with E-state index in [1.165, 1.54) is 0 Å². The first-order valence-corrected chi connectivity index (χ1v) is 6.89. The van der Waals surface area contributed by atoms with E-state index in [-0.39, 0.29) is 12.2 Å². The molecular weight excluding hydrogens is 232 g/mol. The minimum Gasteiger partial charge on any atom is -0.447 e. The van der Waals surface area contributed by atoms with Crippen LogP contribution in [0.1, 0.15) is 46.0 Å². The highest BCUT2D eigenvalue weighted by Crippen LogP contribution is 2.19. The smallest absolute Gasteiger partial charge is 0.407 e. The van der Waals surface area contributed by atoms with Gasteiger partial charge in [-0.15, -0.1) is 0 Å². The van der Waals surface area contributed by atoms with E-state index in [4.69, 9.17) is 15.2 Å². The van der Waals surface area contributed by atoms with Gasteiger partial charge in [0.15, 0.2) is 0 Å². The zero-order valence-corrected chi connectivity index (χ0v) is 11.5. The summed E-state index contributed by atoms with van der Waals surface area (Å²) < 4.78 is 10.7. The standard InChI is InChI=1S/C13H26N2O3/c1-10(2)18-13(16)15-8-3-9-17-12-6-4-11(14)5-7-12/h10-12H,3-9,14H2,1-2H3,(H,15,16). The first-order valence-electron chi connectivity index (χ1n) is 6.89. The summed E-state index contributed by atoms with van der Waals surface area (Å²) >= 11 is 0. The minimum atomic E-state index is -0.353.